The summed E-state index contributed by atoms with van der Waals surface area (Å²) in [6.07, 6.45) is -0.517. The fourth-order valence-electron chi connectivity index (χ4n) is 2.13. The average molecular weight is 316 g/mol. The molecule has 21 heavy (non-hydrogen) atoms. The lowest BCUT2D eigenvalue weighted by Gasteiger charge is -2.27. The SMILES string of the molecule is CN(Cc1ccccc1[N+](=O)[O-])C(=O)C1CNCCO1.Cl. The van der Waals surface area contributed by atoms with Gasteiger partial charge in [0.2, 0.25) is 0 Å². The zero-order valence-electron chi connectivity index (χ0n) is 11.7. The number of halogens is 1. The van der Waals surface area contributed by atoms with Crippen molar-refractivity contribution in [2.24, 2.45) is 0 Å². The zero-order chi connectivity index (χ0) is 14.5. The Bertz CT molecular complexity index is 506. The van der Waals surface area contributed by atoms with Crippen molar-refractivity contribution in [1.29, 1.82) is 0 Å². The number of amides is 1. The maximum atomic E-state index is 12.2. The number of benzene rings is 1. The Morgan fingerprint density at radius 2 is 2.24 bits per heavy atom. The summed E-state index contributed by atoms with van der Waals surface area (Å²) in [5.74, 6) is -0.171. The molecule has 8 heteroatoms. The normalized spacial score (nSPS) is 17.7. The molecular formula is C13H18ClN3O4. The van der Waals surface area contributed by atoms with Crippen LogP contribution in [0.25, 0.3) is 0 Å². The Hall–Kier alpha value is -1.70. The van der Waals surface area contributed by atoms with Gasteiger partial charge in [-0.25, -0.2) is 0 Å². The molecule has 2 rings (SSSR count). The van der Waals surface area contributed by atoms with Crippen LogP contribution < -0.4 is 5.32 Å². The van der Waals surface area contributed by atoms with Crippen LogP contribution in [0.3, 0.4) is 0 Å². The largest absolute Gasteiger partial charge is 0.366 e. The van der Waals surface area contributed by atoms with Gasteiger partial charge in [0, 0.05) is 31.8 Å². The number of nitrogens with zero attached hydrogens (tertiary/aromatic N) is 2. The van der Waals surface area contributed by atoms with Gasteiger partial charge in [0.1, 0.15) is 6.10 Å². The standard InChI is InChI=1S/C13H17N3O4.ClH/c1-15(13(17)12-8-14-6-7-20-12)9-10-4-2-3-5-11(10)16(18)19;/h2-5,12,14H,6-9H2,1H3;1H. The molecule has 7 nitrogen and oxygen atoms in total. The van der Waals surface area contributed by atoms with Crippen molar-refractivity contribution in [2.75, 3.05) is 26.7 Å². The maximum absolute atomic E-state index is 12.2. The second-order valence-corrected chi connectivity index (χ2v) is 4.64. The second-order valence-electron chi connectivity index (χ2n) is 4.64. The molecule has 0 aliphatic carbocycles. The molecule has 1 unspecified atom stereocenters. The number of rotatable bonds is 4. The van der Waals surface area contributed by atoms with E-state index in [0.29, 0.717) is 18.7 Å². The fraction of sp³-hybridized carbons (Fsp3) is 0.462. The Labute approximate surface area is 128 Å². The Kier molecular flexibility index (Phi) is 6.54. The number of carbonyl (C=O) groups is 1. The molecule has 1 amide bonds. The third-order valence-electron chi connectivity index (χ3n) is 3.18. The summed E-state index contributed by atoms with van der Waals surface area (Å²) in [4.78, 5) is 24.1. The summed E-state index contributed by atoms with van der Waals surface area (Å²) in [6, 6.07) is 6.42. The van der Waals surface area contributed by atoms with Crippen LogP contribution in [0.4, 0.5) is 5.69 Å². The quantitative estimate of drug-likeness (QED) is 0.661. The smallest absolute Gasteiger partial charge is 0.274 e. The van der Waals surface area contributed by atoms with Gasteiger partial charge in [-0.3, -0.25) is 14.9 Å². The predicted octanol–water partition coefficient (Wildman–Crippen LogP) is 0.963. The molecule has 0 bridgehead atoms. The van der Waals surface area contributed by atoms with Crippen LogP contribution in [-0.2, 0) is 16.1 Å². The molecule has 0 radical (unpaired) electrons. The van der Waals surface area contributed by atoms with E-state index in [4.69, 9.17) is 4.74 Å². The first-order valence-electron chi connectivity index (χ1n) is 6.39. The molecule has 1 aromatic carbocycles. The first-order chi connectivity index (χ1) is 9.59. The highest BCUT2D eigenvalue weighted by molar-refractivity contribution is 5.85. The number of nitrogens with one attached hydrogen (secondary N) is 1. The zero-order valence-corrected chi connectivity index (χ0v) is 12.5. The van der Waals surface area contributed by atoms with E-state index < -0.39 is 11.0 Å². The molecule has 1 saturated heterocycles. The topological polar surface area (TPSA) is 84.7 Å². The average Bonchev–Trinajstić information content (AvgIpc) is 2.47. The molecule has 116 valence electrons. The van der Waals surface area contributed by atoms with E-state index in [1.165, 1.54) is 11.0 Å². The minimum Gasteiger partial charge on any atom is -0.366 e. The van der Waals surface area contributed by atoms with E-state index in [0.717, 1.165) is 6.54 Å². The number of hydrogen-bond donors (Lipinski definition) is 1. The van der Waals surface area contributed by atoms with Crippen LogP contribution >= 0.6 is 12.4 Å². The molecule has 0 saturated carbocycles. The molecule has 1 heterocycles. The van der Waals surface area contributed by atoms with Crippen molar-refractivity contribution >= 4 is 24.0 Å². The number of likely N-dealkylation sites (N-methyl/N-ethyl adjacent to an activating group) is 1. The van der Waals surface area contributed by atoms with Gasteiger partial charge < -0.3 is 15.0 Å². The lowest BCUT2D eigenvalue weighted by atomic mass is 10.1. The Morgan fingerprint density at radius 1 is 1.52 bits per heavy atom. The molecule has 1 atom stereocenters. The predicted molar refractivity (Wildman–Crippen MR) is 79.4 cm³/mol. The van der Waals surface area contributed by atoms with Crippen molar-refractivity contribution < 1.29 is 14.5 Å². The van der Waals surface area contributed by atoms with Gasteiger partial charge in [-0.15, -0.1) is 12.4 Å². The summed E-state index contributed by atoms with van der Waals surface area (Å²) in [7, 11) is 1.62. The first kappa shape index (κ1) is 17.4. The first-order valence-corrected chi connectivity index (χ1v) is 6.39. The van der Waals surface area contributed by atoms with Crippen molar-refractivity contribution in [3.8, 4) is 0 Å². The van der Waals surface area contributed by atoms with E-state index in [2.05, 4.69) is 5.32 Å². The van der Waals surface area contributed by atoms with Crippen molar-refractivity contribution in [2.45, 2.75) is 12.6 Å². The number of nitro benzene ring substituents is 1. The minimum atomic E-state index is -0.517. The van der Waals surface area contributed by atoms with Gasteiger partial charge in [0.25, 0.3) is 11.6 Å². The monoisotopic (exact) mass is 315 g/mol. The highest BCUT2D eigenvalue weighted by Crippen LogP contribution is 2.19. The second kappa shape index (κ2) is 7.92. The van der Waals surface area contributed by atoms with Crippen LogP contribution in [0.15, 0.2) is 24.3 Å². The highest BCUT2D eigenvalue weighted by Gasteiger charge is 2.26. The lowest BCUT2D eigenvalue weighted by Crippen LogP contribution is -2.48. The maximum Gasteiger partial charge on any atom is 0.274 e. The van der Waals surface area contributed by atoms with Crippen LogP contribution in [0.5, 0.6) is 0 Å². The van der Waals surface area contributed by atoms with E-state index in [-0.39, 0.29) is 30.5 Å². The highest BCUT2D eigenvalue weighted by atomic mass is 35.5. The lowest BCUT2D eigenvalue weighted by molar-refractivity contribution is -0.385. The van der Waals surface area contributed by atoms with E-state index in [9.17, 15) is 14.9 Å². The summed E-state index contributed by atoms with van der Waals surface area (Å²) < 4.78 is 5.39. The van der Waals surface area contributed by atoms with E-state index >= 15 is 0 Å². The van der Waals surface area contributed by atoms with Crippen LogP contribution in [0.1, 0.15) is 5.56 Å². The van der Waals surface area contributed by atoms with E-state index in [1.807, 2.05) is 0 Å². The van der Waals surface area contributed by atoms with Gasteiger partial charge >= 0.3 is 0 Å². The third kappa shape index (κ3) is 4.38. The summed E-state index contributed by atoms with van der Waals surface area (Å²) in [5.41, 5.74) is 0.534. The molecular weight excluding hydrogens is 298 g/mol. The minimum absolute atomic E-state index is 0. The Balaban J connectivity index is 0.00000220. The Morgan fingerprint density at radius 3 is 2.86 bits per heavy atom. The molecule has 1 aromatic rings. The molecule has 1 aliphatic rings. The van der Waals surface area contributed by atoms with Gasteiger partial charge in [-0.05, 0) is 0 Å². The van der Waals surface area contributed by atoms with Gasteiger partial charge in [0.05, 0.1) is 18.1 Å². The number of morpholine rings is 1. The van der Waals surface area contributed by atoms with Crippen LogP contribution in [0, 0.1) is 10.1 Å². The van der Waals surface area contributed by atoms with Gasteiger partial charge in [-0.2, -0.15) is 0 Å². The van der Waals surface area contributed by atoms with Crippen molar-refractivity contribution in [3.05, 3.63) is 39.9 Å². The number of para-hydroxylation sites is 1. The molecule has 0 spiro atoms. The number of carbonyl (C=O) groups excluding carboxylic acids is 1. The molecule has 1 fully saturated rings. The van der Waals surface area contributed by atoms with Gasteiger partial charge in [-0.1, -0.05) is 18.2 Å². The summed E-state index contributed by atoms with van der Waals surface area (Å²) in [6.45, 7) is 1.89. The van der Waals surface area contributed by atoms with Crippen LogP contribution in [0.2, 0.25) is 0 Å². The number of hydrogen-bond acceptors (Lipinski definition) is 5. The molecule has 0 aromatic heterocycles. The number of nitro groups is 1. The summed E-state index contributed by atoms with van der Waals surface area (Å²) >= 11 is 0. The number of ether oxygens (including phenoxy) is 1. The van der Waals surface area contributed by atoms with E-state index in [1.54, 1.807) is 25.2 Å². The summed E-state index contributed by atoms with van der Waals surface area (Å²) in [5, 5.41) is 14.0. The molecule has 1 aliphatic heterocycles. The van der Waals surface area contributed by atoms with Crippen molar-refractivity contribution in [3.63, 3.8) is 0 Å². The van der Waals surface area contributed by atoms with Crippen molar-refractivity contribution in [1.82, 2.24) is 10.2 Å². The van der Waals surface area contributed by atoms with Gasteiger partial charge in [0.15, 0.2) is 0 Å². The third-order valence-corrected chi connectivity index (χ3v) is 3.18. The molecule has 1 N–H and O–H groups in total. The van der Waals surface area contributed by atoms with Crippen LogP contribution in [-0.4, -0.2) is 48.6 Å². The fourth-order valence-corrected chi connectivity index (χ4v) is 2.13.